The lowest BCUT2D eigenvalue weighted by molar-refractivity contribution is 0.0955. The van der Waals surface area contributed by atoms with E-state index in [0.29, 0.717) is 23.0 Å². The Labute approximate surface area is 148 Å². The van der Waals surface area contributed by atoms with E-state index in [1.54, 1.807) is 18.2 Å². The minimum absolute atomic E-state index is 0.00307. The van der Waals surface area contributed by atoms with E-state index in [2.05, 4.69) is 17.0 Å². The van der Waals surface area contributed by atoms with Crippen LogP contribution in [0.1, 0.15) is 43.0 Å². The smallest absolute Gasteiger partial charge is 0.251 e. The van der Waals surface area contributed by atoms with Gasteiger partial charge in [-0.25, -0.2) is 13.1 Å². The molecule has 1 aliphatic heterocycles. The molecular formula is C17H24N2O5S. The minimum Gasteiger partial charge on any atom is -0.454 e. The van der Waals surface area contributed by atoms with Gasteiger partial charge in [-0.15, -0.1) is 0 Å². The summed E-state index contributed by atoms with van der Waals surface area (Å²) in [6.07, 6.45) is 4.14. The lowest BCUT2D eigenvalue weighted by atomic mass is 9.87. The standard InChI is InChI=1S/C17H24N2O5S/c1-12-4-2-3-5-14(12)19-25(21,22)9-8-18-17(20)13-6-7-15-16(10-13)24-11-23-15/h6-7,10,12,14,19H,2-5,8-9,11H2,1H3,(H,18,20)/t12-,14+/m1/s1. The van der Waals surface area contributed by atoms with E-state index in [1.165, 1.54) is 0 Å². The third-order valence-electron chi connectivity index (χ3n) is 4.73. The molecule has 0 saturated heterocycles. The molecule has 1 aromatic carbocycles. The number of hydrogen-bond donors (Lipinski definition) is 2. The van der Waals surface area contributed by atoms with E-state index < -0.39 is 10.0 Å². The number of carbonyl (C=O) groups excluding carboxylic acids is 1. The SMILES string of the molecule is C[C@@H]1CCCC[C@@H]1NS(=O)(=O)CCNC(=O)c1ccc2c(c1)OCO2. The van der Waals surface area contributed by atoms with Crippen molar-refractivity contribution in [3.05, 3.63) is 23.8 Å². The predicted molar refractivity (Wildman–Crippen MR) is 93.2 cm³/mol. The maximum atomic E-state index is 12.2. The number of nitrogens with one attached hydrogen (secondary N) is 2. The van der Waals surface area contributed by atoms with Crippen molar-refractivity contribution in [3.63, 3.8) is 0 Å². The normalized spacial score (nSPS) is 22.6. The van der Waals surface area contributed by atoms with Crippen molar-refractivity contribution in [1.82, 2.24) is 10.0 Å². The predicted octanol–water partition coefficient (Wildman–Crippen LogP) is 1.64. The highest BCUT2D eigenvalue weighted by Crippen LogP contribution is 2.32. The molecule has 2 aliphatic rings. The van der Waals surface area contributed by atoms with Gasteiger partial charge in [0.05, 0.1) is 5.75 Å². The Balaban J connectivity index is 1.49. The number of fused-ring (bicyclic) bond motifs is 1. The summed E-state index contributed by atoms with van der Waals surface area (Å²) < 4.78 is 37.6. The van der Waals surface area contributed by atoms with Crippen LogP contribution in [-0.2, 0) is 10.0 Å². The summed E-state index contributed by atoms with van der Waals surface area (Å²) in [5.41, 5.74) is 0.413. The van der Waals surface area contributed by atoms with Crippen molar-refractivity contribution >= 4 is 15.9 Å². The molecule has 1 heterocycles. The fourth-order valence-corrected chi connectivity index (χ4v) is 4.52. The number of benzene rings is 1. The Kier molecular flexibility index (Phi) is 5.48. The van der Waals surface area contributed by atoms with Gasteiger partial charge in [0, 0.05) is 18.2 Å². The third kappa shape index (κ3) is 4.64. The van der Waals surface area contributed by atoms with Gasteiger partial charge in [0.15, 0.2) is 11.5 Å². The molecule has 0 aromatic heterocycles. The van der Waals surface area contributed by atoms with Crippen LogP contribution in [0.2, 0.25) is 0 Å². The van der Waals surface area contributed by atoms with Gasteiger partial charge in [0.2, 0.25) is 16.8 Å². The minimum atomic E-state index is -3.41. The van der Waals surface area contributed by atoms with Crippen molar-refractivity contribution in [3.8, 4) is 11.5 Å². The molecule has 3 rings (SSSR count). The van der Waals surface area contributed by atoms with E-state index in [9.17, 15) is 13.2 Å². The Hall–Kier alpha value is -1.80. The van der Waals surface area contributed by atoms with E-state index in [1.807, 2.05) is 0 Å². The zero-order chi connectivity index (χ0) is 17.9. The van der Waals surface area contributed by atoms with Crippen molar-refractivity contribution in [1.29, 1.82) is 0 Å². The first-order chi connectivity index (χ1) is 11.9. The first kappa shape index (κ1) is 18.0. The maximum Gasteiger partial charge on any atom is 0.251 e. The molecule has 0 unspecified atom stereocenters. The molecule has 1 aliphatic carbocycles. The number of amides is 1. The highest BCUT2D eigenvalue weighted by atomic mass is 32.2. The summed E-state index contributed by atoms with van der Waals surface area (Å²) in [5, 5.41) is 2.64. The Morgan fingerprint density at radius 2 is 1.96 bits per heavy atom. The van der Waals surface area contributed by atoms with Gasteiger partial charge in [-0.2, -0.15) is 0 Å². The summed E-state index contributed by atoms with van der Waals surface area (Å²) in [6, 6.07) is 4.89. The van der Waals surface area contributed by atoms with Crippen molar-refractivity contribution in [2.24, 2.45) is 5.92 Å². The van der Waals surface area contributed by atoms with E-state index in [0.717, 1.165) is 25.7 Å². The average Bonchev–Trinajstić information content (AvgIpc) is 3.04. The lowest BCUT2D eigenvalue weighted by Crippen LogP contribution is -2.43. The van der Waals surface area contributed by atoms with Gasteiger partial charge in [-0.3, -0.25) is 4.79 Å². The number of rotatable bonds is 6. The van der Waals surface area contributed by atoms with Gasteiger partial charge in [-0.05, 0) is 37.0 Å². The third-order valence-corrected chi connectivity index (χ3v) is 6.14. The number of ether oxygens (including phenoxy) is 2. The number of carbonyl (C=O) groups is 1. The second-order valence-electron chi connectivity index (χ2n) is 6.63. The first-order valence-corrected chi connectivity index (χ1v) is 10.3. The van der Waals surface area contributed by atoms with Crippen LogP contribution in [0.25, 0.3) is 0 Å². The van der Waals surface area contributed by atoms with E-state index in [4.69, 9.17) is 9.47 Å². The second-order valence-corrected chi connectivity index (χ2v) is 8.50. The monoisotopic (exact) mass is 368 g/mol. The Morgan fingerprint density at radius 1 is 1.20 bits per heavy atom. The molecule has 7 nitrogen and oxygen atoms in total. The van der Waals surface area contributed by atoms with Crippen LogP contribution in [0.3, 0.4) is 0 Å². The zero-order valence-corrected chi connectivity index (χ0v) is 15.1. The Bertz CT molecular complexity index is 735. The fraction of sp³-hybridized carbons (Fsp3) is 0.588. The fourth-order valence-electron chi connectivity index (χ4n) is 3.22. The summed E-state index contributed by atoms with van der Waals surface area (Å²) >= 11 is 0. The quantitative estimate of drug-likeness (QED) is 0.796. The van der Waals surface area contributed by atoms with Gasteiger partial charge in [-0.1, -0.05) is 19.8 Å². The molecular weight excluding hydrogens is 344 g/mol. The maximum absolute atomic E-state index is 12.2. The van der Waals surface area contributed by atoms with Gasteiger partial charge in [0.25, 0.3) is 5.91 Å². The number of hydrogen-bond acceptors (Lipinski definition) is 5. The van der Waals surface area contributed by atoms with Crippen LogP contribution in [-0.4, -0.2) is 39.5 Å². The van der Waals surface area contributed by atoms with Crippen LogP contribution in [0.15, 0.2) is 18.2 Å². The molecule has 25 heavy (non-hydrogen) atoms. The molecule has 1 aromatic rings. The summed E-state index contributed by atoms with van der Waals surface area (Å²) in [4.78, 5) is 12.1. The molecule has 138 valence electrons. The van der Waals surface area contributed by atoms with Crippen LogP contribution < -0.4 is 19.5 Å². The summed E-state index contributed by atoms with van der Waals surface area (Å²) in [5.74, 6) is 1.01. The summed E-state index contributed by atoms with van der Waals surface area (Å²) in [6.45, 7) is 2.28. The molecule has 1 amide bonds. The zero-order valence-electron chi connectivity index (χ0n) is 14.3. The van der Waals surface area contributed by atoms with Gasteiger partial charge in [0.1, 0.15) is 0 Å². The van der Waals surface area contributed by atoms with Crippen LogP contribution in [0, 0.1) is 5.92 Å². The van der Waals surface area contributed by atoms with E-state index in [-0.39, 0.29) is 31.0 Å². The first-order valence-electron chi connectivity index (χ1n) is 8.62. The van der Waals surface area contributed by atoms with Crippen molar-refractivity contribution in [2.45, 2.75) is 38.6 Å². The molecule has 2 N–H and O–H groups in total. The van der Waals surface area contributed by atoms with E-state index >= 15 is 0 Å². The van der Waals surface area contributed by atoms with Crippen LogP contribution in [0.5, 0.6) is 11.5 Å². The molecule has 8 heteroatoms. The lowest BCUT2D eigenvalue weighted by Gasteiger charge is -2.29. The highest BCUT2D eigenvalue weighted by molar-refractivity contribution is 7.89. The highest BCUT2D eigenvalue weighted by Gasteiger charge is 2.25. The molecule has 1 saturated carbocycles. The summed E-state index contributed by atoms with van der Waals surface area (Å²) in [7, 11) is -3.41. The number of sulfonamides is 1. The Morgan fingerprint density at radius 3 is 2.76 bits per heavy atom. The van der Waals surface area contributed by atoms with Crippen LogP contribution in [0.4, 0.5) is 0 Å². The second kappa shape index (κ2) is 7.61. The molecule has 2 atom stereocenters. The van der Waals surface area contributed by atoms with Crippen LogP contribution >= 0.6 is 0 Å². The molecule has 0 bridgehead atoms. The van der Waals surface area contributed by atoms with Gasteiger partial charge >= 0.3 is 0 Å². The molecule has 0 spiro atoms. The topological polar surface area (TPSA) is 93.7 Å². The average molecular weight is 368 g/mol. The molecule has 1 fully saturated rings. The van der Waals surface area contributed by atoms with Crippen molar-refractivity contribution in [2.75, 3.05) is 19.1 Å². The molecule has 0 radical (unpaired) electrons. The largest absolute Gasteiger partial charge is 0.454 e. The van der Waals surface area contributed by atoms with Crippen molar-refractivity contribution < 1.29 is 22.7 Å². The van der Waals surface area contributed by atoms with Gasteiger partial charge < -0.3 is 14.8 Å².